The number of carbonyl (C=O) groups excluding carboxylic acids is 1. The summed E-state index contributed by atoms with van der Waals surface area (Å²) in [7, 11) is 0. The summed E-state index contributed by atoms with van der Waals surface area (Å²) in [6.45, 7) is 0. The van der Waals surface area contributed by atoms with Gasteiger partial charge in [0.1, 0.15) is 0 Å². The lowest BCUT2D eigenvalue weighted by atomic mass is 9.97. The van der Waals surface area contributed by atoms with Crippen LogP contribution in [0.15, 0.2) is 48.5 Å². The van der Waals surface area contributed by atoms with Crippen LogP contribution in [0.3, 0.4) is 0 Å². The average molecular weight is 314 g/mol. The van der Waals surface area contributed by atoms with Crippen molar-refractivity contribution in [3.05, 3.63) is 65.2 Å². The fourth-order valence-corrected chi connectivity index (χ4v) is 2.22. The van der Waals surface area contributed by atoms with Gasteiger partial charge < -0.3 is 16.2 Å². The molecule has 0 spiro atoms. The number of thiocarbonyl (C=S) groups is 1. The predicted molar refractivity (Wildman–Crippen MR) is 88.1 cm³/mol. The summed E-state index contributed by atoms with van der Waals surface area (Å²) in [5.74, 6) is -1.23. The molecule has 5 nitrogen and oxygen atoms in total. The number of hydrogen-bond acceptors (Lipinski definition) is 3. The standard InChI is InChI=1S/C16H14N2O3S/c17-16(22)18-14-11(9-13(19)20)7-4-8-12(14)15(21)10-5-2-1-3-6-10/h1-8H,9H2,(H,19,20)(H3,17,18,22). The SMILES string of the molecule is NC(=S)Nc1c(CC(=O)O)cccc1C(=O)c1ccccc1. The van der Waals surface area contributed by atoms with Crippen LogP contribution in [-0.4, -0.2) is 22.0 Å². The molecule has 2 aromatic carbocycles. The van der Waals surface area contributed by atoms with E-state index in [-0.39, 0.29) is 17.3 Å². The molecule has 22 heavy (non-hydrogen) atoms. The van der Waals surface area contributed by atoms with Crippen molar-refractivity contribution in [3.63, 3.8) is 0 Å². The maximum Gasteiger partial charge on any atom is 0.307 e. The maximum atomic E-state index is 12.6. The lowest BCUT2D eigenvalue weighted by Gasteiger charge is -2.14. The molecule has 0 aliphatic rings. The summed E-state index contributed by atoms with van der Waals surface area (Å²) < 4.78 is 0. The van der Waals surface area contributed by atoms with Gasteiger partial charge in [0.2, 0.25) is 0 Å². The van der Waals surface area contributed by atoms with E-state index >= 15 is 0 Å². The van der Waals surface area contributed by atoms with Crippen molar-refractivity contribution in [2.75, 3.05) is 5.32 Å². The summed E-state index contributed by atoms with van der Waals surface area (Å²) in [4.78, 5) is 23.6. The van der Waals surface area contributed by atoms with E-state index in [1.165, 1.54) is 0 Å². The predicted octanol–water partition coefficient (Wildman–Crippen LogP) is 2.20. The lowest BCUT2D eigenvalue weighted by molar-refractivity contribution is -0.136. The molecule has 0 heterocycles. The molecule has 0 saturated heterocycles. The highest BCUT2D eigenvalue weighted by molar-refractivity contribution is 7.80. The van der Waals surface area contributed by atoms with E-state index in [2.05, 4.69) is 5.32 Å². The molecule has 4 N–H and O–H groups in total. The van der Waals surface area contributed by atoms with Crippen molar-refractivity contribution < 1.29 is 14.7 Å². The van der Waals surface area contributed by atoms with E-state index < -0.39 is 5.97 Å². The van der Waals surface area contributed by atoms with Crippen LogP contribution in [0, 0.1) is 0 Å². The van der Waals surface area contributed by atoms with E-state index in [0.717, 1.165) is 0 Å². The first-order chi connectivity index (χ1) is 10.5. The van der Waals surface area contributed by atoms with Crippen LogP contribution >= 0.6 is 12.2 Å². The molecule has 2 aromatic rings. The van der Waals surface area contributed by atoms with Gasteiger partial charge in [0.05, 0.1) is 12.1 Å². The van der Waals surface area contributed by atoms with Gasteiger partial charge in [-0.3, -0.25) is 9.59 Å². The first-order valence-electron chi connectivity index (χ1n) is 6.49. The Labute approximate surface area is 132 Å². The Morgan fingerprint density at radius 2 is 1.77 bits per heavy atom. The monoisotopic (exact) mass is 314 g/mol. The molecule has 0 saturated carbocycles. The van der Waals surface area contributed by atoms with Crippen LogP contribution in [0.2, 0.25) is 0 Å². The van der Waals surface area contributed by atoms with Crippen molar-refractivity contribution in [2.45, 2.75) is 6.42 Å². The fourth-order valence-electron chi connectivity index (χ4n) is 2.12. The Morgan fingerprint density at radius 3 is 2.36 bits per heavy atom. The number of para-hydroxylation sites is 1. The second kappa shape index (κ2) is 6.82. The number of rotatable bonds is 5. The topological polar surface area (TPSA) is 92.4 Å². The van der Waals surface area contributed by atoms with Gasteiger partial charge in [0.25, 0.3) is 0 Å². The lowest BCUT2D eigenvalue weighted by Crippen LogP contribution is -2.22. The number of nitrogens with one attached hydrogen (secondary N) is 1. The molecular formula is C16H14N2O3S. The summed E-state index contributed by atoms with van der Waals surface area (Å²) in [6.07, 6.45) is -0.235. The zero-order valence-corrected chi connectivity index (χ0v) is 12.4. The second-order valence-electron chi connectivity index (χ2n) is 4.59. The molecule has 2 rings (SSSR count). The van der Waals surface area contributed by atoms with E-state index in [1.807, 2.05) is 6.07 Å². The highest BCUT2D eigenvalue weighted by atomic mass is 32.1. The molecule has 0 aliphatic heterocycles. The number of carboxylic acids is 1. The minimum atomic E-state index is -1.00. The Hall–Kier alpha value is -2.73. The second-order valence-corrected chi connectivity index (χ2v) is 5.03. The number of benzene rings is 2. The minimum Gasteiger partial charge on any atom is -0.481 e. The van der Waals surface area contributed by atoms with E-state index in [0.29, 0.717) is 22.4 Å². The Balaban J connectivity index is 2.52. The first kappa shape index (κ1) is 15.7. The summed E-state index contributed by atoms with van der Waals surface area (Å²) in [6, 6.07) is 13.6. The third-order valence-corrected chi connectivity index (χ3v) is 3.12. The molecule has 0 aromatic heterocycles. The highest BCUT2D eigenvalue weighted by Gasteiger charge is 2.18. The smallest absolute Gasteiger partial charge is 0.307 e. The average Bonchev–Trinajstić information content (AvgIpc) is 2.48. The molecule has 6 heteroatoms. The highest BCUT2D eigenvalue weighted by Crippen LogP contribution is 2.24. The van der Waals surface area contributed by atoms with Gasteiger partial charge in [-0.2, -0.15) is 0 Å². The minimum absolute atomic E-state index is 0.0278. The molecule has 0 radical (unpaired) electrons. The number of aliphatic carboxylic acids is 1. The Bertz CT molecular complexity index is 729. The number of nitrogens with two attached hydrogens (primary N) is 1. The van der Waals surface area contributed by atoms with E-state index in [4.69, 9.17) is 23.1 Å². The molecule has 0 bridgehead atoms. The largest absolute Gasteiger partial charge is 0.481 e. The fraction of sp³-hybridized carbons (Fsp3) is 0.0625. The summed E-state index contributed by atoms with van der Waals surface area (Å²) >= 11 is 4.82. The zero-order valence-electron chi connectivity index (χ0n) is 11.6. The maximum absolute atomic E-state index is 12.6. The van der Waals surface area contributed by atoms with Gasteiger partial charge in [0, 0.05) is 11.1 Å². The number of hydrogen-bond donors (Lipinski definition) is 3. The van der Waals surface area contributed by atoms with E-state index in [1.54, 1.807) is 42.5 Å². The van der Waals surface area contributed by atoms with Crippen molar-refractivity contribution in [1.82, 2.24) is 0 Å². The van der Waals surface area contributed by atoms with Gasteiger partial charge in [-0.15, -0.1) is 0 Å². The molecule has 0 fully saturated rings. The van der Waals surface area contributed by atoms with Gasteiger partial charge in [-0.1, -0.05) is 42.5 Å². The zero-order chi connectivity index (χ0) is 16.1. The Morgan fingerprint density at radius 1 is 1.09 bits per heavy atom. The molecule has 112 valence electrons. The number of ketones is 1. The van der Waals surface area contributed by atoms with Gasteiger partial charge in [-0.05, 0) is 23.8 Å². The number of carboxylic acid groups (broad SMARTS) is 1. The van der Waals surface area contributed by atoms with Crippen LogP contribution < -0.4 is 11.1 Å². The van der Waals surface area contributed by atoms with Crippen LogP contribution in [-0.2, 0) is 11.2 Å². The normalized spacial score (nSPS) is 10.0. The summed E-state index contributed by atoms with van der Waals surface area (Å²) in [5, 5.41) is 11.7. The third-order valence-electron chi connectivity index (χ3n) is 3.02. The van der Waals surface area contributed by atoms with Crippen molar-refractivity contribution in [3.8, 4) is 0 Å². The molecular weight excluding hydrogens is 300 g/mol. The number of anilines is 1. The van der Waals surface area contributed by atoms with Gasteiger partial charge >= 0.3 is 5.97 Å². The Kier molecular flexibility index (Phi) is 4.85. The van der Waals surface area contributed by atoms with Gasteiger partial charge in [0.15, 0.2) is 10.9 Å². The van der Waals surface area contributed by atoms with Gasteiger partial charge in [-0.25, -0.2) is 0 Å². The molecule has 0 unspecified atom stereocenters. The number of carbonyl (C=O) groups is 2. The van der Waals surface area contributed by atoms with Crippen LogP contribution in [0.1, 0.15) is 21.5 Å². The van der Waals surface area contributed by atoms with Crippen molar-refractivity contribution in [1.29, 1.82) is 0 Å². The molecule has 0 amide bonds. The molecule has 0 atom stereocenters. The third kappa shape index (κ3) is 3.67. The van der Waals surface area contributed by atoms with Crippen LogP contribution in [0.5, 0.6) is 0 Å². The van der Waals surface area contributed by atoms with E-state index in [9.17, 15) is 9.59 Å². The quantitative estimate of drug-likeness (QED) is 0.579. The van der Waals surface area contributed by atoms with Crippen LogP contribution in [0.25, 0.3) is 0 Å². The van der Waals surface area contributed by atoms with Crippen molar-refractivity contribution in [2.24, 2.45) is 5.73 Å². The first-order valence-corrected chi connectivity index (χ1v) is 6.89. The van der Waals surface area contributed by atoms with Crippen molar-refractivity contribution >= 4 is 34.8 Å². The molecule has 0 aliphatic carbocycles. The summed E-state index contributed by atoms with van der Waals surface area (Å²) in [5.41, 5.74) is 7.11. The van der Waals surface area contributed by atoms with Crippen LogP contribution in [0.4, 0.5) is 5.69 Å².